The average molecular weight is 201 g/mol. The molecule has 0 unspecified atom stereocenters. The Morgan fingerprint density at radius 1 is 1.40 bits per heavy atom. The molecule has 76 valence electrons. The number of fused-ring (bicyclic) bond motifs is 3. The molecule has 0 saturated heterocycles. The van der Waals surface area contributed by atoms with Crippen molar-refractivity contribution in [2.24, 2.45) is 7.05 Å². The molecule has 0 spiro atoms. The van der Waals surface area contributed by atoms with Crippen LogP contribution >= 0.6 is 0 Å². The van der Waals surface area contributed by atoms with Crippen LogP contribution in [-0.2, 0) is 7.05 Å². The molecule has 2 heterocycles. The molecule has 0 radical (unpaired) electrons. The first-order valence-electron chi connectivity index (χ1n) is 4.88. The Bertz CT molecular complexity index is 566. The number of benzene rings is 1. The van der Waals surface area contributed by atoms with E-state index in [0.29, 0.717) is 6.61 Å². The molecular formula is C12H11NO2. The predicted octanol–water partition coefficient (Wildman–Crippen LogP) is 2.29. The van der Waals surface area contributed by atoms with Gasteiger partial charge in [0.25, 0.3) is 0 Å². The summed E-state index contributed by atoms with van der Waals surface area (Å²) in [6, 6.07) is 3.91. The van der Waals surface area contributed by atoms with E-state index in [1.165, 1.54) is 0 Å². The van der Waals surface area contributed by atoms with Gasteiger partial charge in [0.15, 0.2) is 5.88 Å². The molecule has 2 aromatic rings. The maximum absolute atomic E-state index is 9.93. The largest absolute Gasteiger partial charge is 0.494 e. The topological polar surface area (TPSA) is 34.4 Å². The minimum absolute atomic E-state index is 0.289. The summed E-state index contributed by atoms with van der Waals surface area (Å²) in [4.78, 5) is 0. The highest BCUT2D eigenvalue weighted by Crippen LogP contribution is 2.37. The van der Waals surface area contributed by atoms with Crippen LogP contribution in [0.2, 0.25) is 0 Å². The Morgan fingerprint density at radius 2 is 2.27 bits per heavy atom. The molecular weight excluding hydrogens is 190 g/mol. The lowest BCUT2D eigenvalue weighted by Gasteiger charge is -2.12. The second-order valence-electron chi connectivity index (χ2n) is 3.72. The van der Waals surface area contributed by atoms with Crippen molar-refractivity contribution in [3.8, 4) is 11.6 Å². The predicted molar refractivity (Wildman–Crippen MR) is 59.1 cm³/mol. The fourth-order valence-corrected chi connectivity index (χ4v) is 2.02. The molecule has 1 aromatic heterocycles. The van der Waals surface area contributed by atoms with Crippen molar-refractivity contribution in [1.82, 2.24) is 4.57 Å². The van der Waals surface area contributed by atoms with E-state index in [-0.39, 0.29) is 5.88 Å². The van der Waals surface area contributed by atoms with Crippen molar-refractivity contribution < 1.29 is 9.84 Å². The van der Waals surface area contributed by atoms with Gasteiger partial charge in [-0.25, -0.2) is 0 Å². The van der Waals surface area contributed by atoms with E-state index in [2.05, 4.69) is 0 Å². The summed E-state index contributed by atoms with van der Waals surface area (Å²) >= 11 is 0. The molecule has 3 heteroatoms. The number of hydrogen-bond acceptors (Lipinski definition) is 2. The summed E-state index contributed by atoms with van der Waals surface area (Å²) in [5, 5.41) is 11.8. The van der Waals surface area contributed by atoms with Gasteiger partial charge in [0, 0.05) is 24.2 Å². The molecule has 0 aliphatic carbocycles. The number of nitrogens with zero attached hydrogens (tertiary/aromatic N) is 1. The van der Waals surface area contributed by atoms with Gasteiger partial charge in [0.2, 0.25) is 0 Å². The van der Waals surface area contributed by atoms with Crippen molar-refractivity contribution in [2.75, 3.05) is 6.61 Å². The zero-order chi connectivity index (χ0) is 10.4. The number of rotatable bonds is 0. The Kier molecular flexibility index (Phi) is 1.57. The first-order valence-corrected chi connectivity index (χ1v) is 4.88. The minimum Gasteiger partial charge on any atom is -0.494 e. The Balaban J connectivity index is 2.46. The lowest BCUT2D eigenvalue weighted by molar-refractivity contribution is 0.359. The van der Waals surface area contributed by atoms with E-state index in [9.17, 15) is 5.11 Å². The summed E-state index contributed by atoms with van der Waals surface area (Å²) in [5.74, 6) is 1.13. The van der Waals surface area contributed by atoms with Crippen LogP contribution in [0.5, 0.6) is 11.6 Å². The van der Waals surface area contributed by atoms with E-state index < -0.39 is 0 Å². The number of hydrogen-bond donors (Lipinski definition) is 1. The molecule has 0 bridgehead atoms. The van der Waals surface area contributed by atoms with Crippen LogP contribution in [0.25, 0.3) is 16.8 Å². The van der Waals surface area contributed by atoms with Gasteiger partial charge in [-0.05, 0) is 18.2 Å². The first kappa shape index (κ1) is 8.41. The summed E-state index contributed by atoms with van der Waals surface area (Å²) in [6.45, 7) is 0.603. The molecule has 3 rings (SSSR count). The fraction of sp³-hybridized carbons (Fsp3) is 0.167. The second kappa shape index (κ2) is 2.79. The van der Waals surface area contributed by atoms with E-state index >= 15 is 0 Å². The van der Waals surface area contributed by atoms with Crippen molar-refractivity contribution >= 4 is 16.8 Å². The third-order valence-electron chi connectivity index (χ3n) is 2.75. The summed E-state index contributed by atoms with van der Waals surface area (Å²) < 4.78 is 7.20. The van der Waals surface area contributed by atoms with E-state index in [1.54, 1.807) is 4.57 Å². The molecule has 1 aromatic carbocycles. The first-order chi connectivity index (χ1) is 7.27. The molecule has 1 aliphatic heterocycles. The standard InChI is InChI=1S/C12H11NO2/c1-13-7-8-4-5-10-9(3-2-6-15-10)11(8)12(13)14/h2-5,7,14H,6H2,1H3. The molecule has 0 fully saturated rings. The van der Waals surface area contributed by atoms with Crippen LogP contribution in [0.3, 0.4) is 0 Å². The Hall–Kier alpha value is -1.90. The highest BCUT2D eigenvalue weighted by Gasteiger charge is 2.14. The van der Waals surface area contributed by atoms with Gasteiger partial charge in [0.05, 0.1) is 5.39 Å². The smallest absolute Gasteiger partial charge is 0.199 e. The van der Waals surface area contributed by atoms with Crippen molar-refractivity contribution in [1.29, 1.82) is 0 Å². The molecule has 3 nitrogen and oxygen atoms in total. The summed E-state index contributed by atoms with van der Waals surface area (Å²) in [6.07, 6.45) is 5.86. The lowest BCUT2D eigenvalue weighted by Crippen LogP contribution is -1.99. The van der Waals surface area contributed by atoms with Crippen LogP contribution in [0.15, 0.2) is 24.4 Å². The van der Waals surface area contributed by atoms with Gasteiger partial charge >= 0.3 is 0 Å². The van der Waals surface area contributed by atoms with Gasteiger partial charge < -0.3 is 14.4 Å². The summed E-state index contributed by atoms with van der Waals surface area (Å²) in [7, 11) is 1.83. The third-order valence-corrected chi connectivity index (χ3v) is 2.75. The van der Waals surface area contributed by atoms with Gasteiger partial charge in [-0.1, -0.05) is 6.08 Å². The Labute approximate surface area is 87.2 Å². The Morgan fingerprint density at radius 3 is 3.13 bits per heavy atom. The zero-order valence-electron chi connectivity index (χ0n) is 8.40. The summed E-state index contributed by atoms with van der Waals surface area (Å²) in [5.41, 5.74) is 0.969. The van der Waals surface area contributed by atoms with Crippen LogP contribution in [-0.4, -0.2) is 16.3 Å². The quantitative estimate of drug-likeness (QED) is 0.709. The monoisotopic (exact) mass is 201 g/mol. The van der Waals surface area contributed by atoms with Crippen LogP contribution in [0, 0.1) is 0 Å². The third kappa shape index (κ3) is 1.06. The maximum Gasteiger partial charge on any atom is 0.199 e. The maximum atomic E-state index is 9.93. The molecule has 15 heavy (non-hydrogen) atoms. The number of aromatic nitrogens is 1. The lowest BCUT2D eigenvalue weighted by atomic mass is 10.1. The normalized spacial score (nSPS) is 13.9. The van der Waals surface area contributed by atoms with Gasteiger partial charge in [0.1, 0.15) is 12.4 Å². The van der Waals surface area contributed by atoms with Gasteiger partial charge in [-0.15, -0.1) is 0 Å². The second-order valence-corrected chi connectivity index (χ2v) is 3.72. The van der Waals surface area contributed by atoms with Crippen molar-refractivity contribution in [2.45, 2.75) is 0 Å². The van der Waals surface area contributed by atoms with Crippen LogP contribution in [0.4, 0.5) is 0 Å². The van der Waals surface area contributed by atoms with Gasteiger partial charge in [-0.2, -0.15) is 0 Å². The fourth-order valence-electron chi connectivity index (χ4n) is 2.02. The SMILES string of the molecule is Cn1cc2ccc3c(c2c1O)C=CCO3. The molecule has 0 atom stereocenters. The van der Waals surface area contributed by atoms with Crippen LogP contribution in [0.1, 0.15) is 5.56 Å². The van der Waals surface area contributed by atoms with E-state index in [1.807, 2.05) is 37.5 Å². The molecule has 1 aliphatic rings. The zero-order valence-corrected chi connectivity index (χ0v) is 8.40. The van der Waals surface area contributed by atoms with Gasteiger partial charge in [-0.3, -0.25) is 0 Å². The molecule has 1 N–H and O–H groups in total. The minimum atomic E-state index is 0.289. The van der Waals surface area contributed by atoms with E-state index in [4.69, 9.17) is 4.74 Å². The van der Waals surface area contributed by atoms with Crippen molar-refractivity contribution in [3.63, 3.8) is 0 Å². The average Bonchev–Trinajstić information content (AvgIpc) is 2.55. The molecule has 0 amide bonds. The van der Waals surface area contributed by atoms with Crippen molar-refractivity contribution in [3.05, 3.63) is 30.0 Å². The number of ether oxygens (including phenoxy) is 1. The molecule has 0 saturated carbocycles. The van der Waals surface area contributed by atoms with Crippen LogP contribution < -0.4 is 4.74 Å². The number of aryl methyl sites for hydroxylation is 1. The number of aromatic hydroxyl groups is 1. The van der Waals surface area contributed by atoms with E-state index in [0.717, 1.165) is 22.1 Å². The highest BCUT2D eigenvalue weighted by atomic mass is 16.5. The highest BCUT2D eigenvalue weighted by molar-refractivity contribution is 5.97.